The van der Waals surface area contributed by atoms with E-state index in [2.05, 4.69) is 554 Å². The van der Waals surface area contributed by atoms with Gasteiger partial charge in [0, 0.05) is 98.8 Å². The fourth-order valence-electron chi connectivity index (χ4n) is 19.7. The van der Waals surface area contributed by atoms with Crippen LogP contribution in [0.25, 0.3) is 187 Å². The summed E-state index contributed by atoms with van der Waals surface area (Å²) in [5, 5.41) is 15.8. The van der Waals surface area contributed by atoms with E-state index in [1.165, 1.54) is 221 Å². The van der Waals surface area contributed by atoms with E-state index in [4.69, 9.17) is 0 Å². The van der Waals surface area contributed by atoms with Crippen molar-refractivity contribution in [1.82, 2.24) is 27.4 Å². The lowest BCUT2D eigenvalue weighted by Crippen LogP contribution is -1.95. The third-order valence-electron chi connectivity index (χ3n) is 25.7. The second-order valence-corrected chi connectivity index (χ2v) is 34.3. The quantitative estimate of drug-likeness (QED) is 0.145. The van der Waals surface area contributed by atoms with Gasteiger partial charge >= 0.3 is 0 Å². The van der Waals surface area contributed by atoms with Crippen molar-refractivity contribution in [2.45, 2.75) is 41.5 Å². The normalized spacial score (nSPS) is 11.3. The molecule has 0 spiro atoms. The second kappa shape index (κ2) is 36.1. The maximum atomic E-state index is 2.38. The third-order valence-corrected chi connectivity index (χ3v) is 25.7. The van der Waals surface area contributed by atoms with Gasteiger partial charge in [0.05, 0.1) is 66.2 Å². The first kappa shape index (κ1) is 82.2. The SMILES string of the molecule is Cc1ccc2c(c1)c1ccccc1n2-c1ccccc1.Cc1ccc2c3ccccc3n(-c3ccc(-c4ccccc4)cc3)c2c1.Cc1ccc2c3ccccc3n(-c3ccccc3)c2c1.Cc1cccc2c1c1ccccc1n2-c1ccccc1.Cc1cccc2c3ccccc3n(-c3ccc(-c4ccccc4)cc3)c12.Cc1cccc2c3ccccc3n(-c3ccccc3)c12. The number of fused-ring (bicyclic) bond motifs is 18. The van der Waals surface area contributed by atoms with Crippen LogP contribution in [0.1, 0.15) is 33.4 Å². The molecule has 0 amide bonds. The molecule has 0 N–H and O–H groups in total. The number of nitrogens with zero attached hydrogens (tertiary/aromatic N) is 6. The van der Waals surface area contributed by atoms with E-state index < -0.39 is 0 Å². The van der Waals surface area contributed by atoms with Crippen LogP contribution in [0.4, 0.5) is 0 Å². The minimum Gasteiger partial charge on any atom is -0.309 e. The summed E-state index contributed by atoms with van der Waals surface area (Å²) in [6.45, 7) is 13.0. The van der Waals surface area contributed by atoms with E-state index in [1.807, 2.05) is 0 Å². The van der Waals surface area contributed by atoms with Gasteiger partial charge in [-0.1, -0.05) is 351 Å². The number of aryl methyl sites for hydroxylation is 6. The van der Waals surface area contributed by atoms with Gasteiger partial charge in [0.15, 0.2) is 0 Å². The van der Waals surface area contributed by atoms with E-state index in [-0.39, 0.29) is 0 Å². The molecule has 0 unspecified atom stereocenters. The Bertz CT molecular complexity index is 8580. The van der Waals surface area contributed by atoms with Gasteiger partial charge in [0.1, 0.15) is 0 Å². The summed E-state index contributed by atoms with van der Waals surface area (Å²) in [6, 6.07) is 172. The topological polar surface area (TPSA) is 29.6 Å². The smallest absolute Gasteiger partial charge is 0.0570 e. The second-order valence-electron chi connectivity index (χ2n) is 34.3. The predicted octanol–water partition coefficient (Wildman–Crippen LogP) is 33.9. The molecule has 132 heavy (non-hydrogen) atoms. The van der Waals surface area contributed by atoms with Gasteiger partial charge in [0.25, 0.3) is 0 Å². The molecule has 0 atom stereocenters. The molecular weight excluding hydrogens is 1600 g/mol. The van der Waals surface area contributed by atoms with Crippen LogP contribution >= 0.6 is 0 Å². The first-order chi connectivity index (χ1) is 65.0. The number of rotatable bonds is 8. The number of hydrogen-bond acceptors (Lipinski definition) is 0. The summed E-state index contributed by atoms with van der Waals surface area (Å²) in [6.07, 6.45) is 0. The molecular formula is C126H98N6. The molecule has 0 aliphatic rings. The molecule has 0 fully saturated rings. The fraction of sp³-hybridized carbons (Fsp3) is 0.0476. The minimum atomic E-state index is 1.20. The highest BCUT2D eigenvalue weighted by molar-refractivity contribution is 6.15. The Hall–Kier alpha value is -16.8. The van der Waals surface area contributed by atoms with Crippen molar-refractivity contribution < 1.29 is 0 Å². The van der Waals surface area contributed by atoms with Crippen LogP contribution in [0.15, 0.2) is 485 Å². The molecule has 6 aromatic heterocycles. The van der Waals surface area contributed by atoms with Crippen molar-refractivity contribution in [2.24, 2.45) is 0 Å². The van der Waals surface area contributed by atoms with Crippen LogP contribution in [-0.4, -0.2) is 27.4 Å². The predicted molar refractivity (Wildman–Crippen MR) is 564 cm³/mol. The van der Waals surface area contributed by atoms with Crippen LogP contribution < -0.4 is 0 Å². The van der Waals surface area contributed by atoms with E-state index in [0.29, 0.717) is 0 Å². The van der Waals surface area contributed by atoms with Crippen LogP contribution in [0.5, 0.6) is 0 Å². The summed E-state index contributed by atoms with van der Waals surface area (Å²) >= 11 is 0. The largest absolute Gasteiger partial charge is 0.309 e. The lowest BCUT2D eigenvalue weighted by atomic mass is 10.1. The monoisotopic (exact) mass is 1690 g/mol. The van der Waals surface area contributed by atoms with Crippen LogP contribution in [-0.2, 0) is 0 Å². The summed E-state index contributed by atoms with van der Waals surface area (Å²) in [7, 11) is 0. The van der Waals surface area contributed by atoms with Gasteiger partial charge in [-0.2, -0.15) is 0 Å². The fourth-order valence-corrected chi connectivity index (χ4v) is 19.7. The number of benzene rings is 20. The first-order valence-corrected chi connectivity index (χ1v) is 45.5. The Kier molecular flexibility index (Phi) is 22.5. The molecule has 26 rings (SSSR count). The Morgan fingerprint density at radius 2 is 0.364 bits per heavy atom. The first-order valence-electron chi connectivity index (χ1n) is 45.5. The van der Waals surface area contributed by atoms with Crippen LogP contribution in [0.3, 0.4) is 0 Å². The van der Waals surface area contributed by atoms with E-state index in [0.717, 1.165) is 0 Å². The highest BCUT2D eigenvalue weighted by Gasteiger charge is 2.20. The van der Waals surface area contributed by atoms with E-state index in [1.54, 1.807) is 0 Å². The molecule has 6 heteroatoms. The van der Waals surface area contributed by atoms with Crippen LogP contribution in [0, 0.1) is 41.5 Å². The molecule has 0 aliphatic heterocycles. The van der Waals surface area contributed by atoms with E-state index in [9.17, 15) is 0 Å². The van der Waals surface area contributed by atoms with Crippen molar-refractivity contribution in [3.63, 3.8) is 0 Å². The molecule has 0 saturated heterocycles. The molecule has 632 valence electrons. The van der Waals surface area contributed by atoms with Gasteiger partial charge in [-0.25, -0.2) is 0 Å². The molecule has 6 heterocycles. The average Bonchev–Trinajstić information content (AvgIpc) is 1.67. The Balaban J connectivity index is 0.0000000959. The molecule has 0 bridgehead atoms. The molecule has 26 aromatic rings. The number of aromatic nitrogens is 6. The van der Waals surface area contributed by atoms with Gasteiger partial charge in [-0.3, -0.25) is 0 Å². The van der Waals surface area contributed by atoms with Gasteiger partial charge in [-0.05, 0) is 231 Å². The van der Waals surface area contributed by atoms with E-state index >= 15 is 0 Å². The molecule has 0 aliphatic carbocycles. The molecule has 0 saturated carbocycles. The third kappa shape index (κ3) is 15.6. The summed E-state index contributed by atoms with van der Waals surface area (Å²) in [5.41, 5.74) is 35.3. The van der Waals surface area contributed by atoms with Crippen molar-refractivity contribution >= 4 is 131 Å². The molecule has 6 nitrogen and oxygen atoms in total. The van der Waals surface area contributed by atoms with Gasteiger partial charge in [-0.15, -0.1) is 0 Å². The summed E-state index contributed by atoms with van der Waals surface area (Å²) in [4.78, 5) is 0. The van der Waals surface area contributed by atoms with Crippen LogP contribution in [0.2, 0.25) is 0 Å². The number of hydrogen-bond donors (Lipinski definition) is 0. The highest BCUT2D eigenvalue weighted by atomic mass is 15.0. The Morgan fingerprint density at radius 1 is 0.129 bits per heavy atom. The molecule has 20 aromatic carbocycles. The van der Waals surface area contributed by atoms with Crippen molar-refractivity contribution in [3.8, 4) is 56.4 Å². The average molecular weight is 1700 g/mol. The molecule has 0 radical (unpaired) electrons. The minimum absolute atomic E-state index is 1.20. The Labute approximate surface area is 769 Å². The number of para-hydroxylation sites is 12. The lowest BCUT2D eigenvalue weighted by Gasteiger charge is -2.10. The summed E-state index contributed by atoms with van der Waals surface area (Å²) < 4.78 is 14.1. The van der Waals surface area contributed by atoms with Gasteiger partial charge < -0.3 is 27.4 Å². The Morgan fingerprint density at radius 3 is 0.765 bits per heavy atom. The maximum absolute atomic E-state index is 2.38. The van der Waals surface area contributed by atoms with Crippen molar-refractivity contribution in [2.75, 3.05) is 0 Å². The zero-order chi connectivity index (χ0) is 89.1. The van der Waals surface area contributed by atoms with Gasteiger partial charge in [0.2, 0.25) is 0 Å². The maximum Gasteiger partial charge on any atom is 0.0570 e. The standard InChI is InChI=1S/2C25H19N.4C19H15N/c1-18-8-7-12-23-22-11-5-6-13-24(22)26(25(18)23)21-16-14-20(15-17-21)19-9-3-2-4-10-19;1-18-11-16-23-22-9-5-6-10-24(22)26(25(23)17-18)21-14-12-20(13-15-21)19-7-3-2-4-8-19;1-14-8-7-12-17-16-11-5-6-13-18(16)20(19(14)17)15-9-3-2-4-10-15;1-14-8-7-13-18-19(14)16-11-5-6-12-17(16)20(18)15-9-3-2-4-10-15;1-14-11-12-19-17(13-14)16-9-5-6-10-18(16)20(19)15-7-3-2-4-8-15;1-14-11-12-17-16-9-5-6-10-18(16)20(19(17)13-14)15-7-3-2-4-8-15/h2*2-17H,1H3;4*2-13H,1H3. The zero-order valence-corrected chi connectivity index (χ0v) is 74.9. The highest BCUT2D eigenvalue weighted by Crippen LogP contribution is 2.41. The lowest BCUT2D eigenvalue weighted by molar-refractivity contribution is 1.17. The van der Waals surface area contributed by atoms with Crippen molar-refractivity contribution in [3.05, 3.63) is 519 Å². The summed E-state index contributed by atoms with van der Waals surface area (Å²) in [5.74, 6) is 0. The van der Waals surface area contributed by atoms with Crippen molar-refractivity contribution in [1.29, 1.82) is 0 Å². The zero-order valence-electron chi connectivity index (χ0n) is 74.9.